The van der Waals surface area contributed by atoms with Gasteiger partial charge in [-0.1, -0.05) is 0 Å². The lowest BCUT2D eigenvalue weighted by Crippen LogP contribution is -2.08. The van der Waals surface area contributed by atoms with E-state index in [0.717, 1.165) is 39.5 Å². The molecule has 2 aliphatic rings. The first-order valence-electron chi connectivity index (χ1n) is 9.35. The van der Waals surface area contributed by atoms with Gasteiger partial charge >= 0.3 is 0 Å². The molecule has 1 saturated carbocycles. The zero-order valence-electron chi connectivity index (χ0n) is 15.7. The minimum Gasteiger partial charge on any atom is -0.356 e. The van der Waals surface area contributed by atoms with E-state index in [1.54, 1.807) is 24.8 Å². The molecule has 1 aliphatic heterocycles. The molecule has 28 heavy (non-hydrogen) atoms. The molecule has 5 rings (SSSR count). The van der Waals surface area contributed by atoms with Crippen molar-refractivity contribution >= 4 is 22.9 Å². The van der Waals surface area contributed by atoms with Gasteiger partial charge in [-0.15, -0.1) is 0 Å². The van der Waals surface area contributed by atoms with Crippen LogP contribution in [0.15, 0.2) is 48.8 Å². The second-order valence-electron chi connectivity index (χ2n) is 7.33. The van der Waals surface area contributed by atoms with Crippen molar-refractivity contribution in [3.8, 4) is 11.3 Å². The molecule has 1 amide bonds. The highest BCUT2D eigenvalue weighted by molar-refractivity contribution is 6.32. The zero-order valence-corrected chi connectivity index (χ0v) is 15.7. The maximum absolute atomic E-state index is 12.6. The molecule has 140 valence electrons. The summed E-state index contributed by atoms with van der Waals surface area (Å²) in [5.74, 6) is -0.128. The van der Waals surface area contributed by atoms with Gasteiger partial charge in [-0.05, 0) is 44.4 Å². The fourth-order valence-electron chi connectivity index (χ4n) is 3.54. The Kier molecular flexibility index (Phi) is 3.75. The molecule has 0 radical (unpaired) electrons. The number of hydrogen-bond acceptors (Lipinski definition) is 5. The minimum absolute atomic E-state index is 0.128. The smallest absolute Gasteiger partial charge is 0.258 e. The molecule has 3 aromatic heterocycles. The molecule has 0 unspecified atom stereocenters. The van der Waals surface area contributed by atoms with Crippen LogP contribution in [0.5, 0.6) is 0 Å². The summed E-state index contributed by atoms with van der Waals surface area (Å²) in [7, 11) is 0. The standard InChI is InChI=1S/C21H20N6O/c1-12-5-6-22-9-17(12)18-7-16-19(10-23-18)26-21(28)20(16)13(2)25-14-8-24-27(11-14)15-3-4-15/h5-11,15,25H,3-4H2,1-2H3,(H,26,28)/b20-13-. The largest absolute Gasteiger partial charge is 0.356 e. The molecular weight excluding hydrogens is 352 g/mol. The van der Waals surface area contributed by atoms with Gasteiger partial charge in [0.1, 0.15) is 0 Å². The van der Waals surface area contributed by atoms with Crippen molar-refractivity contribution in [2.75, 3.05) is 10.6 Å². The van der Waals surface area contributed by atoms with E-state index in [-0.39, 0.29) is 5.91 Å². The fraction of sp³-hybridized carbons (Fsp3) is 0.238. The number of fused-ring (bicyclic) bond motifs is 1. The van der Waals surface area contributed by atoms with Gasteiger partial charge in [0.15, 0.2) is 0 Å². The number of allylic oxidation sites excluding steroid dienone is 1. The monoisotopic (exact) mass is 372 g/mol. The highest BCUT2D eigenvalue weighted by Crippen LogP contribution is 2.37. The number of amides is 1. The Morgan fingerprint density at radius 1 is 1.25 bits per heavy atom. The Morgan fingerprint density at radius 3 is 2.89 bits per heavy atom. The maximum atomic E-state index is 12.6. The third-order valence-electron chi connectivity index (χ3n) is 5.19. The van der Waals surface area contributed by atoms with Gasteiger partial charge in [0.25, 0.3) is 5.91 Å². The summed E-state index contributed by atoms with van der Waals surface area (Å²) in [5.41, 5.74) is 6.71. The molecular formula is C21H20N6O. The fourth-order valence-corrected chi connectivity index (χ4v) is 3.54. The predicted molar refractivity (Wildman–Crippen MR) is 108 cm³/mol. The van der Waals surface area contributed by atoms with Crippen molar-refractivity contribution < 1.29 is 4.79 Å². The molecule has 7 heteroatoms. The van der Waals surface area contributed by atoms with Crippen LogP contribution in [0.25, 0.3) is 16.8 Å². The number of rotatable bonds is 4. The summed E-state index contributed by atoms with van der Waals surface area (Å²) in [6.07, 6.45) is 11.4. The number of carbonyl (C=O) groups is 1. The molecule has 3 aromatic rings. The predicted octanol–water partition coefficient (Wildman–Crippen LogP) is 3.78. The Morgan fingerprint density at radius 2 is 2.11 bits per heavy atom. The number of carbonyl (C=O) groups excluding carboxylic acids is 1. The summed E-state index contributed by atoms with van der Waals surface area (Å²) >= 11 is 0. The van der Waals surface area contributed by atoms with Gasteiger partial charge in [0, 0.05) is 35.4 Å². The van der Waals surface area contributed by atoms with Crippen LogP contribution in [0.4, 0.5) is 11.4 Å². The van der Waals surface area contributed by atoms with Gasteiger partial charge in [0.2, 0.25) is 0 Å². The second-order valence-corrected chi connectivity index (χ2v) is 7.33. The Balaban J connectivity index is 1.52. The highest BCUT2D eigenvalue weighted by Gasteiger charge is 2.28. The van der Waals surface area contributed by atoms with Gasteiger partial charge in [0.05, 0.1) is 41.1 Å². The molecule has 0 saturated heterocycles. The quantitative estimate of drug-likeness (QED) is 0.681. The molecule has 0 atom stereocenters. The number of nitrogens with one attached hydrogen (secondary N) is 2. The molecule has 2 N–H and O–H groups in total. The van der Waals surface area contributed by atoms with Gasteiger partial charge in [-0.2, -0.15) is 5.10 Å². The summed E-state index contributed by atoms with van der Waals surface area (Å²) < 4.78 is 1.98. The van der Waals surface area contributed by atoms with E-state index >= 15 is 0 Å². The van der Waals surface area contributed by atoms with Crippen LogP contribution in [0.2, 0.25) is 0 Å². The molecule has 0 aromatic carbocycles. The van der Waals surface area contributed by atoms with E-state index in [9.17, 15) is 4.79 Å². The summed E-state index contributed by atoms with van der Waals surface area (Å²) in [6.45, 7) is 3.93. The first kappa shape index (κ1) is 16.7. The molecule has 7 nitrogen and oxygen atoms in total. The van der Waals surface area contributed by atoms with Crippen LogP contribution < -0.4 is 10.6 Å². The average molecular weight is 372 g/mol. The lowest BCUT2D eigenvalue weighted by Gasteiger charge is -2.09. The number of pyridine rings is 2. The Labute approximate surface area is 162 Å². The highest BCUT2D eigenvalue weighted by atomic mass is 16.2. The van der Waals surface area contributed by atoms with Crippen molar-refractivity contribution in [3.63, 3.8) is 0 Å². The van der Waals surface area contributed by atoms with E-state index in [4.69, 9.17) is 0 Å². The number of anilines is 2. The Bertz CT molecular complexity index is 1130. The van der Waals surface area contributed by atoms with E-state index in [1.807, 2.05) is 36.9 Å². The maximum Gasteiger partial charge on any atom is 0.258 e. The van der Waals surface area contributed by atoms with Crippen molar-refractivity contribution in [3.05, 3.63) is 59.9 Å². The topological polar surface area (TPSA) is 84.7 Å². The van der Waals surface area contributed by atoms with Crippen molar-refractivity contribution in [2.24, 2.45) is 0 Å². The average Bonchev–Trinajstić information content (AvgIpc) is 3.33. The van der Waals surface area contributed by atoms with Crippen molar-refractivity contribution in [1.82, 2.24) is 19.7 Å². The molecule has 0 bridgehead atoms. The number of nitrogens with zero attached hydrogens (tertiary/aromatic N) is 4. The van der Waals surface area contributed by atoms with Gasteiger partial charge < -0.3 is 10.6 Å². The first-order valence-corrected chi connectivity index (χ1v) is 9.35. The van der Waals surface area contributed by atoms with Crippen molar-refractivity contribution in [1.29, 1.82) is 0 Å². The lowest BCUT2D eigenvalue weighted by atomic mass is 10.0. The van der Waals surface area contributed by atoms with E-state index in [0.29, 0.717) is 11.6 Å². The SMILES string of the molecule is C/C(Nc1cnn(C2CC2)c1)=C1/C(=O)Nc2cnc(-c3cnccc3C)cc21. The zero-order chi connectivity index (χ0) is 19.3. The van der Waals surface area contributed by atoms with E-state index in [1.165, 1.54) is 12.8 Å². The lowest BCUT2D eigenvalue weighted by molar-refractivity contribution is -0.110. The van der Waals surface area contributed by atoms with E-state index in [2.05, 4.69) is 25.7 Å². The number of hydrogen-bond donors (Lipinski definition) is 2. The third-order valence-corrected chi connectivity index (χ3v) is 5.19. The molecule has 1 fully saturated rings. The van der Waals surface area contributed by atoms with Crippen LogP contribution in [0.3, 0.4) is 0 Å². The van der Waals surface area contributed by atoms with Crippen molar-refractivity contribution in [2.45, 2.75) is 32.7 Å². The summed E-state index contributed by atoms with van der Waals surface area (Å²) in [5, 5.41) is 10.6. The molecule has 4 heterocycles. The van der Waals surface area contributed by atoms with E-state index < -0.39 is 0 Å². The van der Waals surface area contributed by atoms with Crippen LogP contribution in [0, 0.1) is 6.92 Å². The third kappa shape index (κ3) is 2.85. The summed E-state index contributed by atoms with van der Waals surface area (Å²) in [6, 6.07) is 4.43. The van der Waals surface area contributed by atoms with Crippen LogP contribution >= 0.6 is 0 Å². The first-order chi connectivity index (χ1) is 13.6. The normalized spacial score (nSPS) is 17.3. The number of aryl methyl sites for hydroxylation is 1. The van der Waals surface area contributed by atoms with Crippen LogP contribution in [0.1, 0.15) is 36.9 Å². The molecule has 0 spiro atoms. The van der Waals surface area contributed by atoms with Gasteiger partial charge in [-0.3, -0.25) is 19.4 Å². The number of aromatic nitrogens is 4. The minimum atomic E-state index is -0.128. The second kappa shape index (κ2) is 6.30. The van der Waals surface area contributed by atoms with Crippen LogP contribution in [-0.2, 0) is 4.79 Å². The van der Waals surface area contributed by atoms with Gasteiger partial charge in [-0.25, -0.2) is 0 Å². The Hall–Kier alpha value is -3.48. The molecule has 1 aliphatic carbocycles. The summed E-state index contributed by atoms with van der Waals surface area (Å²) in [4.78, 5) is 21.3. The van der Waals surface area contributed by atoms with Crippen LogP contribution in [-0.4, -0.2) is 25.7 Å².